The molecule has 0 spiro atoms. The molecule has 6 heteroatoms. The van der Waals surface area contributed by atoms with Crippen LogP contribution in [-0.2, 0) is 21.2 Å². The van der Waals surface area contributed by atoms with Crippen LogP contribution in [0.4, 0.5) is 11.4 Å². The minimum Gasteiger partial charge on any atom is -0.312 e. The number of nitrogens with one attached hydrogen (secondary N) is 1. The number of hydrogen-bond acceptors (Lipinski definition) is 3. The molecule has 0 bridgehead atoms. The predicted octanol–water partition coefficient (Wildman–Crippen LogP) is 3.94. The maximum absolute atomic E-state index is 12.9. The lowest BCUT2D eigenvalue weighted by Gasteiger charge is -2.18. The lowest BCUT2D eigenvalue weighted by molar-refractivity contribution is -0.119. The second kappa shape index (κ2) is 6.34. The van der Waals surface area contributed by atoms with Crippen molar-refractivity contribution in [3.8, 4) is 0 Å². The van der Waals surface area contributed by atoms with Crippen molar-refractivity contribution in [2.24, 2.45) is 5.92 Å². The average Bonchev–Trinajstić information content (AvgIpc) is 3.46. The number of benzene rings is 3. The summed E-state index contributed by atoms with van der Waals surface area (Å²) >= 11 is 0. The molecule has 1 amide bonds. The Labute approximate surface area is 164 Å². The first-order valence-electron chi connectivity index (χ1n) is 9.47. The molecule has 0 saturated heterocycles. The molecule has 1 heterocycles. The molecular formula is C22H20N2O3S. The summed E-state index contributed by atoms with van der Waals surface area (Å²) in [4.78, 5) is 14.5. The fourth-order valence-corrected chi connectivity index (χ4v) is 4.86. The van der Waals surface area contributed by atoms with E-state index < -0.39 is 10.0 Å². The van der Waals surface area contributed by atoms with Gasteiger partial charge in [0.25, 0.3) is 10.0 Å². The van der Waals surface area contributed by atoms with E-state index in [1.165, 1.54) is 0 Å². The number of anilines is 2. The molecule has 3 aromatic rings. The van der Waals surface area contributed by atoms with Crippen molar-refractivity contribution >= 4 is 38.1 Å². The van der Waals surface area contributed by atoms with Crippen LogP contribution >= 0.6 is 0 Å². The van der Waals surface area contributed by atoms with Gasteiger partial charge in [-0.3, -0.25) is 9.52 Å². The molecule has 0 atom stereocenters. The normalized spacial score (nSPS) is 16.2. The van der Waals surface area contributed by atoms with E-state index in [1.807, 2.05) is 36.4 Å². The Bertz CT molecular complexity index is 1200. The molecule has 0 unspecified atom stereocenters. The summed E-state index contributed by atoms with van der Waals surface area (Å²) in [5, 5.41) is 1.87. The maximum Gasteiger partial charge on any atom is 0.261 e. The van der Waals surface area contributed by atoms with Crippen LogP contribution in [0.15, 0.2) is 65.6 Å². The molecule has 142 valence electrons. The molecule has 1 aliphatic heterocycles. The zero-order valence-electron chi connectivity index (χ0n) is 15.3. The molecule has 3 aromatic carbocycles. The van der Waals surface area contributed by atoms with Gasteiger partial charge in [-0.1, -0.05) is 36.4 Å². The van der Waals surface area contributed by atoms with Crippen LogP contribution in [0.5, 0.6) is 0 Å². The van der Waals surface area contributed by atoms with Crippen LogP contribution in [0, 0.1) is 5.92 Å². The molecule has 1 saturated carbocycles. The SMILES string of the molecule is O=C(C1CC1)N1CCc2ccc(NS(=O)(=O)c3ccc4ccccc4c3)cc21. The standard InChI is InChI=1S/C22H20N2O3S/c25-22(17-5-6-17)24-12-11-16-7-9-19(14-21(16)24)23-28(26,27)20-10-8-15-3-1-2-4-18(15)13-20/h1-4,7-10,13-14,17,23H,5-6,11-12H2. The van der Waals surface area contributed by atoms with Gasteiger partial charge < -0.3 is 4.90 Å². The van der Waals surface area contributed by atoms with E-state index in [9.17, 15) is 13.2 Å². The largest absolute Gasteiger partial charge is 0.312 e. The van der Waals surface area contributed by atoms with Crippen molar-refractivity contribution < 1.29 is 13.2 Å². The van der Waals surface area contributed by atoms with Crippen molar-refractivity contribution in [2.75, 3.05) is 16.2 Å². The summed E-state index contributed by atoms with van der Waals surface area (Å²) in [5.41, 5.74) is 2.39. The molecule has 5 rings (SSSR count). The molecule has 1 aliphatic carbocycles. The molecule has 1 fully saturated rings. The van der Waals surface area contributed by atoms with E-state index in [1.54, 1.807) is 29.2 Å². The van der Waals surface area contributed by atoms with E-state index in [0.29, 0.717) is 12.2 Å². The molecule has 5 nitrogen and oxygen atoms in total. The Morgan fingerprint density at radius 3 is 2.54 bits per heavy atom. The summed E-state index contributed by atoms with van der Waals surface area (Å²) in [6, 6.07) is 18.2. The number of carbonyl (C=O) groups excluding carboxylic acids is 1. The van der Waals surface area contributed by atoms with Gasteiger partial charge in [-0.2, -0.15) is 0 Å². The number of amides is 1. The first-order chi connectivity index (χ1) is 13.5. The Balaban J connectivity index is 1.45. The van der Waals surface area contributed by atoms with Crippen LogP contribution in [0.2, 0.25) is 0 Å². The quantitative estimate of drug-likeness (QED) is 0.731. The monoisotopic (exact) mass is 392 g/mol. The summed E-state index contributed by atoms with van der Waals surface area (Å²) in [6.07, 6.45) is 2.73. The maximum atomic E-state index is 12.9. The minimum atomic E-state index is -3.72. The van der Waals surface area contributed by atoms with Crippen LogP contribution in [-0.4, -0.2) is 20.9 Å². The molecule has 28 heavy (non-hydrogen) atoms. The van der Waals surface area contributed by atoms with Crippen molar-refractivity contribution in [1.29, 1.82) is 0 Å². The van der Waals surface area contributed by atoms with Crippen molar-refractivity contribution in [1.82, 2.24) is 0 Å². The number of rotatable bonds is 4. The zero-order valence-corrected chi connectivity index (χ0v) is 16.1. The van der Waals surface area contributed by atoms with Crippen molar-refractivity contribution in [3.05, 3.63) is 66.2 Å². The van der Waals surface area contributed by atoms with Crippen LogP contribution in [0.25, 0.3) is 10.8 Å². The van der Waals surface area contributed by atoms with Crippen molar-refractivity contribution in [3.63, 3.8) is 0 Å². The lowest BCUT2D eigenvalue weighted by atomic mass is 10.1. The third kappa shape index (κ3) is 3.03. The summed E-state index contributed by atoms with van der Waals surface area (Å²) in [7, 11) is -3.72. The van der Waals surface area contributed by atoms with Gasteiger partial charge in [-0.15, -0.1) is 0 Å². The van der Waals surface area contributed by atoms with Gasteiger partial charge >= 0.3 is 0 Å². The van der Waals surface area contributed by atoms with E-state index in [4.69, 9.17) is 0 Å². The van der Waals surface area contributed by atoms with Gasteiger partial charge in [0.15, 0.2) is 0 Å². The predicted molar refractivity (Wildman–Crippen MR) is 110 cm³/mol. The Morgan fingerprint density at radius 1 is 0.964 bits per heavy atom. The molecule has 0 aromatic heterocycles. The molecule has 0 radical (unpaired) electrons. The average molecular weight is 392 g/mol. The summed E-state index contributed by atoms with van der Waals surface area (Å²) in [6.45, 7) is 0.672. The number of fused-ring (bicyclic) bond motifs is 2. The summed E-state index contributed by atoms with van der Waals surface area (Å²) in [5.74, 6) is 0.303. The molecule has 2 aliphatic rings. The first-order valence-corrected chi connectivity index (χ1v) is 11.0. The first kappa shape index (κ1) is 17.3. The van der Waals surface area contributed by atoms with Crippen molar-refractivity contribution in [2.45, 2.75) is 24.2 Å². The highest BCUT2D eigenvalue weighted by atomic mass is 32.2. The number of sulfonamides is 1. The Kier molecular flexibility index (Phi) is 3.91. The third-order valence-electron chi connectivity index (χ3n) is 5.46. The highest BCUT2D eigenvalue weighted by Gasteiger charge is 2.36. The fraction of sp³-hybridized carbons (Fsp3) is 0.227. The number of hydrogen-bond donors (Lipinski definition) is 1. The second-order valence-corrected chi connectivity index (χ2v) is 9.15. The Morgan fingerprint density at radius 2 is 1.75 bits per heavy atom. The van der Waals surface area contributed by atoms with Gasteiger partial charge in [0.2, 0.25) is 5.91 Å². The van der Waals surface area contributed by atoms with E-state index in [2.05, 4.69) is 4.72 Å². The highest BCUT2D eigenvalue weighted by molar-refractivity contribution is 7.92. The molecular weight excluding hydrogens is 372 g/mol. The van der Waals surface area contributed by atoms with E-state index in [-0.39, 0.29) is 16.7 Å². The van der Waals surface area contributed by atoms with Gasteiger partial charge in [-0.25, -0.2) is 8.42 Å². The third-order valence-corrected chi connectivity index (χ3v) is 6.84. The van der Waals surface area contributed by atoms with E-state index in [0.717, 1.165) is 41.3 Å². The van der Waals surface area contributed by atoms with Gasteiger partial charge in [0.1, 0.15) is 0 Å². The number of carbonyl (C=O) groups is 1. The van der Waals surface area contributed by atoms with Gasteiger partial charge in [-0.05, 0) is 59.9 Å². The van der Waals surface area contributed by atoms with Gasteiger partial charge in [0.05, 0.1) is 10.6 Å². The van der Waals surface area contributed by atoms with Crippen LogP contribution in [0.1, 0.15) is 18.4 Å². The van der Waals surface area contributed by atoms with E-state index >= 15 is 0 Å². The Hall–Kier alpha value is -2.86. The molecule has 1 N–H and O–H groups in total. The number of nitrogens with zero attached hydrogens (tertiary/aromatic N) is 1. The fourth-order valence-electron chi connectivity index (χ4n) is 3.77. The van der Waals surface area contributed by atoms with Gasteiger partial charge in [0, 0.05) is 18.2 Å². The minimum absolute atomic E-state index is 0.142. The smallest absolute Gasteiger partial charge is 0.261 e. The van der Waals surface area contributed by atoms with Crippen LogP contribution < -0.4 is 9.62 Å². The van der Waals surface area contributed by atoms with Crippen LogP contribution in [0.3, 0.4) is 0 Å². The topological polar surface area (TPSA) is 66.5 Å². The second-order valence-electron chi connectivity index (χ2n) is 7.47. The highest BCUT2D eigenvalue weighted by Crippen LogP contribution is 2.37. The zero-order chi connectivity index (χ0) is 19.3. The summed E-state index contributed by atoms with van der Waals surface area (Å²) < 4.78 is 28.4. The lowest BCUT2D eigenvalue weighted by Crippen LogP contribution is -2.30.